The number of carboxylic acids is 1. The number of hydrogen-bond donors (Lipinski definition) is 1. The second-order valence-electron chi connectivity index (χ2n) is 5.02. The number of carboxylic acid groups (broad SMARTS) is 1. The topological polar surface area (TPSA) is 40.5 Å². The van der Waals surface area contributed by atoms with E-state index in [2.05, 4.69) is 17.0 Å². The highest BCUT2D eigenvalue weighted by molar-refractivity contribution is 5.85. The van der Waals surface area contributed by atoms with Crippen molar-refractivity contribution in [1.82, 2.24) is 0 Å². The first-order valence-electron chi connectivity index (χ1n) is 7.02. The van der Waals surface area contributed by atoms with Gasteiger partial charge >= 0.3 is 5.97 Å². The second kappa shape index (κ2) is 6.98. The summed E-state index contributed by atoms with van der Waals surface area (Å²) < 4.78 is 0. The Morgan fingerprint density at radius 2 is 1.58 bits per heavy atom. The van der Waals surface area contributed by atoms with E-state index in [9.17, 15) is 4.79 Å². The molecular weight excluding hydrogens is 238 g/mol. The zero-order valence-corrected chi connectivity index (χ0v) is 11.2. The SMILES string of the molecule is O=C(O)/C=C/c1ccc(N2CCCCCCC2)cc1. The summed E-state index contributed by atoms with van der Waals surface area (Å²) in [5.74, 6) is -0.909. The van der Waals surface area contributed by atoms with Crippen LogP contribution in [0.2, 0.25) is 0 Å². The Kier molecular flexibility index (Phi) is 5.01. The lowest BCUT2D eigenvalue weighted by Gasteiger charge is -2.26. The Bertz CT molecular complexity index is 429. The average molecular weight is 259 g/mol. The lowest BCUT2D eigenvalue weighted by Crippen LogP contribution is -2.26. The number of carbonyl (C=O) groups is 1. The first-order chi connectivity index (χ1) is 9.25. The zero-order valence-electron chi connectivity index (χ0n) is 11.2. The molecule has 0 spiro atoms. The summed E-state index contributed by atoms with van der Waals surface area (Å²) >= 11 is 0. The van der Waals surface area contributed by atoms with Gasteiger partial charge in [-0.25, -0.2) is 4.79 Å². The van der Waals surface area contributed by atoms with Gasteiger partial charge in [0.15, 0.2) is 0 Å². The van der Waals surface area contributed by atoms with Crippen LogP contribution in [0.25, 0.3) is 6.08 Å². The third-order valence-electron chi connectivity index (χ3n) is 3.53. The number of nitrogens with zero attached hydrogens (tertiary/aromatic N) is 1. The largest absolute Gasteiger partial charge is 0.478 e. The smallest absolute Gasteiger partial charge is 0.328 e. The fraction of sp³-hybridized carbons (Fsp3) is 0.438. The molecule has 1 saturated heterocycles. The number of hydrogen-bond acceptors (Lipinski definition) is 2. The molecule has 0 bridgehead atoms. The van der Waals surface area contributed by atoms with Gasteiger partial charge in [0.2, 0.25) is 0 Å². The standard InChI is InChI=1S/C16H21NO2/c18-16(19)11-8-14-6-9-15(10-7-14)17-12-4-2-1-3-5-13-17/h6-11H,1-5,12-13H2,(H,18,19)/b11-8+. The van der Waals surface area contributed by atoms with Gasteiger partial charge in [-0.2, -0.15) is 0 Å². The molecule has 1 aromatic rings. The van der Waals surface area contributed by atoms with Crippen LogP contribution in [0.15, 0.2) is 30.3 Å². The summed E-state index contributed by atoms with van der Waals surface area (Å²) in [7, 11) is 0. The molecular formula is C16H21NO2. The molecule has 0 radical (unpaired) electrons. The molecule has 0 aromatic heterocycles. The van der Waals surface area contributed by atoms with E-state index in [-0.39, 0.29) is 0 Å². The molecule has 1 aliphatic rings. The van der Waals surface area contributed by atoms with E-state index >= 15 is 0 Å². The maximum atomic E-state index is 10.5. The van der Waals surface area contributed by atoms with Crippen molar-refractivity contribution in [1.29, 1.82) is 0 Å². The van der Waals surface area contributed by atoms with Gasteiger partial charge in [0.25, 0.3) is 0 Å². The van der Waals surface area contributed by atoms with Crippen LogP contribution in [0.5, 0.6) is 0 Å². The van der Waals surface area contributed by atoms with Crippen LogP contribution >= 0.6 is 0 Å². The third kappa shape index (κ3) is 4.43. The Hall–Kier alpha value is -1.77. The molecule has 3 nitrogen and oxygen atoms in total. The molecule has 1 heterocycles. The summed E-state index contributed by atoms with van der Waals surface area (Å²) in [6, 6.07) is 8.13. The average Bonchev–Trinajstić information content (AvgIpc) is 2.37. The Morgan fingerprint density at radius 3 is 2.16 bits per heavy atom. The lowest BCUT2D eigenvalue weighted by molar-refractivity contribution is -0.131. The van der Waals surface area contributed by atoms with Crippen LogP contribution in [-0.4, -0.2) is 24.2 Å². The molecule has 1 aliphatic heterocycles. The van der Waals surface area contributed by atoms with E-state index in [0.717, 1.165) is 18.7 Å². The molecule has 0 saturated carbocycles. The molecule has 0 amide bonds. The highest BCUT2D eigenvalue weighted by atomic mass is 16.4. The number of benzene rings is 1. The predicted molar refractivity (Wildman–Crippen MR) is 78.4 cm³/mol. The molecule has 19 heavy (non-hydrogen) atoms. The highest BCUT2D eigenvalue weighted by Crippen LogP contribution is 2.20. The molecule has 0 aliphatic carbocycles. The number of rotatable bonds is 3. The minimum absolute atomic E-state index is 0.909. The van der Waals surface area contributed by atoms with Gasteiger partial charge in [0.05, 0.1) is 0 Å². The summed E-state index contributed by atoms with van der Waals surface area (Å²) in [4.78, 5) is 12.9. The van der Waals surface area contributed by atoms with E-state index in [1.807, 2.05) is 12.1 Å². The Balaban J connectivity index is 2.01. The van der Waals surface area contributed by atoms with Crippen LogP contribution in [0.4, 0.5) is 5.69 Å². The number of anilines is 1. The molecule has 102 valence electrons. The van der Waals surface area contributed by atoms with Gasteiger partial charge in [-0.05, 0) is 36.6 Å². The minimum Gasteiger partial charge on any atom is -0.478 e. The van der Waals surface area contributed by atoms with Crippen LogP contribution in [0.3, 0.4) is 0 Å². The van der Waals surface area contributed by atoms with Crippen molar-refractivity contribution in [2.75, 3.05) is 18.0 Å². The minimum atomic E-state index is -0.909. The highest BCUT2D eigenvalue weighted by Gasteiger charge is 2.08. The third-order valence-corrected chi connectivity index (χ3v) is 3.53. The quantitative estimate of drug-likeness (QED) is 0.844. The first kappa shape index (κ1) is 13.7. The molecule has 0 unspecified atom stereocenters. The normalized spacial score (nSPS) is 17.2. The van der Waals surface area contributed by atoms with E-state index in [0.29, 0.717) is 0 Å². The first-order valence-corrected chi connectivity index (χ1v) is 7.02. The monoisotopic (exact) mass is 259 g/mol. The second-order valence-corrected chi connectivity index (χ2v) is 5.02. The number of aliphatic carboxylic acids is 1. The zero-order chi connectivity index (χ0) is 13.5. The van der Waals surface area contributed by atoms with Crippen LogP contribution in [0, 0.1) is 0 Å². The van der Waals surface area contributed by atoms with Crippen molar-refractivity contribution in [3.63, 3.8) is 0 Å². The van der Waals surface area contributed by atoms with Gasteiger partial charge in [0, 0.05) is 24.9 Å². The Morgan fingerprint density at radius 1 is 1.00 bits per heavy atom. The predicted octanol–water partition coefficient (Wildman–Crippen LogP) is 3.55. The Labute approximate surface area is 114 Å². The maximum Gasteiger partial charge on any atom is 0.328 e. The van der Waals surface area contributed by atoms with Crippen LogP contribution in [0.1, 0.15) is 37.7 Å². The molecule has 1 aromatic carbocycles. The van der Waals surface area contributed by atoms with Crippen molar-refractivity contribution in [3.05, 3.63) is 35.9 Å². The summed E-state index contributed by atoms with van der Waals surface area (Å²) in [6.45, 7) is 2.26. The van der Waals surface area contributed by atoms with E-state index in [4.69, 9.17) is 5.11 Å². The van der Waals surface area contributed by atoms with Gasteiger partial charge in [0.1, 0.15) is 0 Å². The van der Waals surface area contributed by atoms with E-state index in [1.54, 1.807) is 6.08 Å². The van der Waals surface area contributed by atoms with Crippen molar-refractivity contribution < 1.29 is 9.90 Å². The fourth-order valence-electron chi connectivity index (χ4n) is 2.47. The summed E-state index contributed by atoms with van der Waals surface area (Å²) in [5.41, 5.74) is 2.17. The van der Waals surface area contributed by atoms with E-state index in [1.165, 1.54) is 43.9 Å². The molecule has 1 N–H and O–H groups in total. The van der Waals surface area contributed by atoms with Gasteiger partial charge < -0.3 is 10.0 Å². The van der Waals surface area contributed by atoms with Crippen molar-refractivity contribution >= 4 is 17.7 Å². The summed E-state index contributed by atoms with van der Waals surface area (Å²) in [5, 5.41) is 8.60. The van der Waals surface area contributed by atoms with Crippen molar-refractivity contribution in [3.8, 4) is 0 Å². The lowest BCUT2D eigenvalue weighted by atomic mass is 10.1. The molecule has 2 rings (SSSR count). The van der Waals surface area contributed by atoms with E-state index < -0.39 is 5.97 Å². The van der Waals surface area contributed by atoms with Crippen molar-refractivity contribution in [2.24, 2.45) is 0 Å². The summed E-state index contributed by atoms with van der Waals surface area (Å²) in [6.07, 6.45) is 9.35. The molecule has 1 fully saturated rings. The van der Waals surface area contributed by atoms with Crippen LogP contribution in [-0.2, 0) is 4.79 Å². The van der Waals surface area contributed by atoms with Gasteiger partial charge in [-0.3, -0.25) is 0 Å². The molecule has 0 atom stereocenters. The van der Waals surface area contributed by atoms with Gasteiger partial charge in [-0.1, -0.05) is 31.4 Å². The maximum absolute atomic E-state index is 10.5. The van der Waals surface area contributed by atoms with Crippen LogP contribution < -0.4 is 4.90 Å². The molecule has 3 heteroatoms. The van der Waals surface area contributed by atoms with Gasteiger partial charge in [-0.15, -0.1) is 0 Å². The fourth-order valence-corrected chi connectivity index (χ4v) is 2.47. The van der Waals surface area contributed by atoms with Crippen molar-refractivity contribution in [2.45, 2.75) is 32.1 Å².